The van der Waals surface area contributed by atoms with Crippen molar-refractivity contribution < 1.29 is 19.2 Å². The van der Waals surface area contributed by atoms with Crippen LogP contribution in [-0.4, -0.2) is 37.9 Å². The molecule has 1 aliphatic heterocycles. The minimum Gasteiger partial charge on any atom is -0.481 e. The van der Waals surface area contributed by atoms with Gasteiger partial charge in [0.15, 0.2) is 5.76 Å². The number of carbonyl (C=O) groups excluding carboxylic acids is 1. The van der Waals surface area contributed by atoms with Crippen LogP contribution in [0.2, 0.25) is 0 Å². The van der Waals surface area contributed by atoms with E-state index in [4.69, 9.17) is 21.8 Å². The van der Waals surface area contributed by atoms with Gasteiger partial charge in [-0.2, -0.15) is 0 Å². The predicted octanol–water partition coefficient (Wildman–Crippen LogP) is 5.34. The molecule has 0 saturated carbocycles. The number of fused-ring (bicyclic) bond motifs is 1. The third-order valence-electron chi connectivity index (χ3n) is 4.98. The maximum Gasteiger partial charge on any atom is 0.303 e. The van der Waals surface area contributed by atoms with Gasteiger partial charge in [0.1, 0.15) is 9.84 Å². The number of amides is 1. The molecule has 2 heterocycles. The number of aliphatic carboxylic acids is 1. The second-order valence-corrected chi connectivity index (χ2v) is 8.87. The van der Waals surface area contributed by atoms with Gasteiger partial charge in [-0.1, -0.05) is 72.0 Å². The molecular weight excluding hydrogens is 432 g/mol. The van der Waals surface area contributed by atoms with Gasteiger partial charge in [-0.05, 0) is 36.6 Å². The molecule has 1 N–H and O–H groups in total. The van der Waals surface area contributed by atoms with E-state index in [1.165, 1.54) is 11.8 Å². The summed E-state index contributed by atoms with van der Waals surface area (Å²) in [7, 11) is 0. The number of thioether (sulfide) groups is 1. The first-order valence-electron chi connectivity index (χ1n) is 9.95. The number of carbonyl (C=O) groups is 2. The normalized spacial score (nSPS) is 15.4. The minimum absolute atomic E-state index is 0.109. The number of nitrogens with zero attached hydrogens (tertiary/aromatic N) is 2. The zero-order valence-corrected chi connectivity index (χ0v) is 18.2. The quantitative estimate of drug-likeness (QED) is 0.280. The van der Waals surface area contributed by atoms with E-state index < -0.39 is 5.97 Å². The lowest BCUT2D eigenvalue weighted by Gasteiger charge is -2.13. The van der Waals surface area contributed by atoms with Crippen LogP contribution in [0.25, 0.3) is 28.3 Å². The second kappa shape index (κ2) is 9.45. The standard InChI is InChI=1S/C23H20N2O4S2/c26-20(27)9-5-2-6-12-25-22(28)19(31-23(25)30)14-15-10-11-18-17(13-15)21(29-24-18)16-7-3-1-4-8-16/h1,3-4,7-8,10-11,13-14H,2,5-6,9,12H2,(H,26,27). The molecule has 4 rings (SSSR count). The van der Waals surface area contributed by atoms with E-state index in [0.29, 0.717) is 28.0 Å². The number of hydrogen-bond donors (Lipinski definition) is 1. The predicted molar refractivity (Wildman–Crippen MR) is 125 cm³/mol. The van der Waals surface area contributed by atoms with Crippen molar-refractivity contribution in [3.63, 3.8) is 0 Å². The summed E-state index contributed by atoms with van der Waals surface area (Å²) < 4.78 is 6.08. The van der Waals surface area contributed by atoms with Crippen LogP contribution < -0.4 is 0 Å². The fourth-order valence-corrected chi connectivity index (χ4v) is 4.72. The molecule has 0 unspecified atom stereocenters. The lowest BCUT2D eigenvalue weighted by molar-refractivity contribution is -0.137. The summed E-state index contributed by atoms with van der Waals surface area (Å²) in [4.78, 5) is 25.6. The van der Waals surface area contributed by atoms with Gasteiger partial charge < -0.3 is 9.63 Å². The van der Waals surface area contributed by atoms with Gasteiger partial charge in [-0.3, -0.25) is 14.5 Å². The van der Waals surface area contributed by atoms with Gasteiger partial charge in [-0.15, -0.1) is 0 Å². The third-order valence-corrected chi connectivity index (χ3v) is 6.36. The highest BCUT2D eigenvalue weighted by Gasteiger charge is 2.31. The van der Waals surface area contributed by atoms with E-state index in [9.17, 15) is 9.59 Å². The molecule has 1 aliphatic rings. The summed E-state index contributed by atoms with van der Waals surface area (Å²) in [6.45, 7) is 0.504. The number of benzene rings is 2. The first-order chi connectivity index (χ1) is 15.0. The van der Waals surface area contributed by atoms with Crippen LogP contribution in [0.5, 0.6) is 0 Å². The Hall–Kier alpha value is -2.97. The number of thiocarbonyl (C=S) groups is 1. The summed E-state index contributed by atoms with van der Waals surface area (Å²) in [6.07, 6.45) is 4.05. The Labute approximate surface area is 188 Å². The van der Waals surface area contributed by atoms with E-state index >= 15 is 0 Å². The molecule has 1 aromatic heterocycles. The van der Waals surface area contributed by atoms with Gasteiger partial charge in [0.25, 0.3) is 5.91 Å². The zero-order chi connectivity index (χ0) is 21.8. The topological polar surface area (TPSA) is 83.6 Å². The Balaban J connectivity index is 1.50. The Morgan fingerprint density at radius 3 is 2.74 bits per heavy atom. The molecular formula is C23H20N2O4S2. The van der Waals surface area contributed by atoms with Crippen LogP contribution >= 0.6 is 24.0 Å². The molecule has 1 amide bonds. The van der Waals surface area contributed by atoms with E-state index in [2.05, 4.69) is 5.16 Å². The monoisotopic (exact) mass is 452 g/mol. The first kappa shape index (κ1) is 21.3. The third kappa shape index (κ3) is 4.86. The van der Waals surface area contributed by atoms with Gasteiger partial charge in [-0.25, -0.2) is 0 Å². The number of unbranched alkanes of at least 4 members (excludes halogenated alkanes) is 2. The van der Waals surface area contributed by atoms with Gasteiger partial charge in [0.05, 0.1) is 10.3 Å². The van der Waals surface area contributed by atoms with E-state index in [0.717, 1.165) is 34.9 Å². The van der Waals surface area contributed by atoms with Crippen molar-refractivity contribution in [2.75, 3.05) is 6.54 Å². The number of carboxylic acid groups (broad SMARTS) is 1. The molecule has 0 aliphatic carbocycles. The maximum absolute atomic E-state index is 12.8. The fraction of sp³-hybridized carbons (Fsp3) is 0.217. The minimum atomic E-state index is -0.797. The molecule has 8 heteroatoms. The van der Waals surface area contributed by atoms with E-state index in [1.807, 2.05) is 54.6 Å². The Bertz CT molecular complexity index is 1170. The van der Waals surface area contributed by atoms with Crippen molar-refractivity contribution in [2.24, 2.45) is 0 Å². The average Bonchev–Trinajstić information content (AvgIpc) is 3.29. The molecule has 158 valence electrons. The van der Waals surface area contributed by atoms with Crippen LogP contribution in [-0.2, 0) is 9.59 Å². The SMILES string of the molecule is O=C(O)CCCCCN1C(=O)C(=Cc2ccc3noc(-c4ccccc4)c3c2)SC1=S. The van der Waals surface area contributed by atoms with Gasteiger partial charge in [0.2, 0.25) is 0 Å². The molecule has 0 radical (unpaired) electrons. The molecule has 31 heavy (non-hydrogen) atoms. The largest absolute Gasteiger partial charge is 0.481 e. The van der Waals surface area contributed by atoms with Crippen LogP contribution in [0.3, 0.4) is 0 Å². The van der Waals surface area contributed by atoms with Crippen molar-refractivity contribution in [1.82, 2.24) is 10.1 Å². The lowest BCUT2D eigenvalue weighted by Crippen LogP contribution is -2.29. The molecule has 1 saturated heterocycles. The van der Waals surface area contributed by atoms with Crippen molar-refractivity contribution in [2.45, 2.75) is 25.7 Å². The average molecular weight is 453 g/mol. The van der Waals surface area contributed by atoms with Crippen molar-refractivity contribution >= 4 is 57.2 Å². The maximum atomic E-state index is 12.8. The highest BCUT2D eigenvalue weighted by atomic mass is 32.2. The van der Waals surface area contributed by atoms with Crippen molar-refractivity contribution in [1.29, 1.82) is 0 Å². The highest BCUT2D eigenvalue weighted by molar-refractivity contribution is 8.26. The Morgan fingerprint density at radius 1 is 1.16 bits per heavy atom. The lowest BCUT2D eigenvalue weighted by atomic mass is 10.1. The van der Waals surface area contributed by atoms with Gasteiger partial charge >= 0.3 is 5.97 Å². The molecule has 0 spiro atoms. The summed E-state index contributed by atoms with van der Waals surface area (Å²) >= 11 is 6.68. The number of rotatable bonds is 8. The highest BCUT2D eigenvalue weighted by Crippen LogP contribution is 2.34. The van der Waals surface area contributed by atoms with Crippen LogP contribution in [0.4, 0.5) is 0 Å². The number of carboxylic acids is 1. The molecule has 3 aromatic rings. The van der Waals surface area contributed by atoms with Crippen LogP contribution in [0.15, 0.2) is 58.0 Å². The summed E-state index contributed by atoms with van der Waals surface area (Å²) in [6, 6.07) is 15.5. The van der Waals surface area contributed by atoms with E-state index in [-0.39, 0.29) is 12.3 Å². The summed E-state index contributed by atoms with van der Waals surface area (Å²) in [5.41, 5.74) is 2.57. The second-order valence-electron chi connectivity index (χ2n) is 7.19. The van der Waals surface area contributed by atoms with Crippen LogP contribution in [0.1, 0.15) is 31.2 Å². The molecule has 0 atom stereocenters. The number of hydrogen-bond acceptors (Lipinski definition) is 6. The molecule has 1 fully saturated rings. The number of aromatic nitrogens is 1. The zero-order valence-electron chi connectivity index (χ0n) is 16.6. The van der Waals surface area contributed by atoms with Crippen molar-refractivity contribution in [3.8, 4) is 11.3 Å². The van der Waals surface area contributed by atoms with Crippen LogP contribution in [0, 0.1) is 0 Å². The molecule has 2 aromatic carbocycles. The van der Waals surface area contributed by atoms with E-state index in [1.54, 1.807) is 4.90 Å². The summed E-state index contributed by atoms with van der Waals surface area (Å²) in [5, 5.41) is 13.7. The smallest absolute Gasteiger partial charge is 0.303 e. The Morgan fingerprint density at radius 2 is 1.97 bits per heavy atom. The van der Waals surface area contributed by atoms with Gasteiger partial charge in [0, 0.05) is 18.5 Å². The molecule has 0 bridgehead atoms. The summed E-state index contributed by atoms with van der Waals surface area (Å²) in [5.74, 6) is -0.213. The molecule has 6 nitrogen and oxygen atoms in total. The first-order valence-corrected chi connectivity index (χ1v) is 11.2. The fourth-order valence-electron chi connectivity index (χ4n) is 3.41. The van der Waals surface area contributed by atoms with Crippen molar-refractivity contribution in [3.05, 3.63) is 59.0 Å². The Kier molecular flexibility index (Phi) is 6.48.